The van der Waals surface area contributed by atoms with Gasteiger partial charge in [0.2, 0.25) is 0 Å². The van der Waals surface area contributed by atoms with Gasteiger partial charge in [-0.2, -0.15) is 0 Å². The van der Waals surface area contributed by atoms with E-state index in [1.165, 1.54) is 36.4 Å². The number of hydrogen-bond acceptors (Lipinski definition) is 6. The number of nitrogens with zero attached hydrogens (tertiary/aromatic N) is 1. The van der Waals surface area contributed by atoms with Crippen LogP contribution in [0.5, 0.6) is 17.2 Å². The quantitative estimate of drug-likeness (QED) is 0.607. The molecule has 1 heterocycles. The van der Waals surface area contributed by atoms with Gasteiger partial charge >= 0.3 is 12.3 Å². The van der Waals surface area contributed by atoms with E-state index in [0.717, 1.165) is 12.1 Å². The van der Waals surface area contributed by atoms with E-state index in [9.17, 15) is 26.4 Å². The number of rotatable bonds is 7. The topological polar surface area (TPSA) is 101 Å². The van der Waals surface area contributed by atoms with Crippen molar-refractivity contribution in [3.05, 3.63) is 48.5 Å². The first-order valence-corrected chi connectivity index (χ1v) is 11.4. The third-order valence-electron chi connectivity index (χ3n) is 5.43. The second kappa shape index (κ2) is 9.43. The minimum Gasteiger partial charge on any atom is -0.457 e. The molecular formula is C22H22F3N2O5S+. The van der Waals surface area contributed by atoms with Gasteiger partial charge in [-0.15, -0.1) is 19.6 Å². The molecule has 0 atom stereocenters. The normalized spacial score (nSPS) is 16.6. The van der Waals surface area contributed by atoms with Crippen molar-refractivity contribution < 1.29 is 41.6 Å². The lowest BCUT2D eigenvalue weighted by molar-refractivity contribution is -0.310. The molecule has 0 saturated carbocycles. The summed E-state index contributed by atoms with van der Waals surface area (Å²) in [7, 11) is -4.04. The number of quaternary nitrogens is 1. The molecule has 2 aromatic rings. The Morgan fingerprint density at radius 1 is 1.03 bits per heavy atom. The zero-order chi connectivity index (χ0) is 24.3. The van der Waals surface area contributed by atoms with Gasteiger partial charge in [-0.3, -0.25) is 10.6 Å². The highest BCUT2D eigenvalue weighted by molar-refractivity contribution is 7.93. The maximum atomic E-state index is 13.4. The Kier molecular flexibility index (Phi) is 7.02. The van der Waals surface area contributed by atoms with Gasteiger partial charge in [0.15, 0.2) is 14.6 Å². The van der Waals surface area contributed by atoms with Crippen LogP contribution in [0.2, 0.25) is 0 Å². The molecule has 0 radical (unpaired) electrons. The van der Waals surface area contributed by atoms with Crippen molar-refractivity contribution in [1.29, 1.82) is 0 Å². The molecule has 2 aromatic carbocycles. The number of sulfone groups is 1. The fraction of sp³-hybridized carbons (Fsp3) is 0.318. The number of amides is 1. The molecule has 0 unspecified atom stereocenters. The summed E-state index contributed by atoms with van der Waals surface area (Å²) in [4.78, 5) is 14.2. The number of hydrogen-bond donors (Lipinski definition) is 1. The molecule has 0 aliphatic carbocycles. The van der Waals surface area contributed by atoms with E-state index in [1.807, 2.05) is 4.90 Å². The first kappa shape index (κ1) is 24.6. The predicted octanol–water partition coefficient (Wildman–Crippen LogP) is 2.39. The van der Waals surface area contributed by atoms with Gasteiger partial charge < -0.3 is 9.47 Å². The van der Waals surface area contributed by atoms with E-state index in [1.54, 1.807) is 0 Å². The molecule has 0 spiro atoms. The molecule has 1 aliphatic heterocycles. The van der Waals surface area contributed by atoms with Gasteiger partial charge in [-0.1, -0.05) is 5.92 Å². The number of carbonyl (C=O) groups excluding carboxylic acids is 1. The molecule has 7 nitrogen and oxygen atoms in total. The highest BCUT2D eigenvalue weighted by atomic mass is 32.2. The van der Waals surface area contributed by atoms with Crippen molar-refractivity contribution in [2.75, 3.05) is 19.6 Å². The van der Waals surface area contributed by atoms with Crippen molar-refractivity contribution in [3.63, 3.8) is 0 Å². The lowest BCUT2D eigenvalue weighted by Gasteiger charge is -2.36. The summed E-state index contributed by atoms with van der Waals surface area (Å²) in [6.07, 6.45) is 0.689. The second-order valence-electron chi connectivity index (χ2n) is 7.49. The van der Waals surface area contributed by atoms with Gasteiger partial charge in [0.05, 0.1) is 11.4 Å². The van der Waals surface area contributed by atoms with E-state index < -0.39 is 32.6 Å². The Labute approximate surface area is 189 Å². The monoisotopic (exact) mass is 483 g/mol. The Morgan fingerprint density at radius 2 is 1.52 bits per heavy atom. The van der Waals surface area contributed by atoms with Gasteiger partial charge in [-0.25, -0.2) is 13.2 Å². The van der Waals surface area contributed by atoms with Crippen molar-refractivity contribution in [3.8, 4) is 29.6 Å². The Morgan fingerprint density at radius 3 is 1.97 bits per heavy atom. The first-order chi connectivity index (χ1) is 15.5. The van der Waals surface area contributed by atoms with Crippen molar-refractivity contribution in [2.45, 2.75) is 28.8 Å². The van der Waals surface area contributed by atoms with Crippen LogP contribution in [0.1, 0.15) is 12.8 Å². The lowest BCUT2D eigenvalue weighted by Crippen LogP contribution is -2.72. The molecule has 0 aromatic heterocycles. The Balaban J connectivity index is 1.75. The number of piperidine rings is 1. The summed E-state index contributed by atoms with van der Waals surface area (Å²) in [5.41, 5.74) is 3.42. The maximum absolute atomic E-state index is 13.4. The molecule has 0 bridgehead atoms. The number of alkyl halides is 3. The fourth-order valence-electron chi connectivity index (χ4n) is 3.66. The number of carbonyl (C=O) groups is 1. The highest BCUT2D eigenvalue weighted by Crippen LogP contribution is 2.36. The summed E-state index contributed by atoms with van der Waals surface area (Å²) in [6.45, 7) is 1.09. The molecule has 1 fully saturated rings. The summed E-state index contributed by atoms with van der Waals surface area (Å²) < 4.78 is 71.2. The number of ether oxygens (including phenoxy) is 2. The third kappa shape index (κ3) is 5.47. The van der Waals surface area contributed by atoms with Crippen LogP contribution in [-0.2, 0) is 14.6 Å². The van der Waals surface area contributed by atoms with Crippen LogP contribution in [-0.4, -0.2) is 50.0 Å². The fourth-order valence-corrected chi connectivity index (χ4v) is 5.62. The van der Waals surface area contributed by atoms with E-state index in [0.29, 0.717) is 19.6 Å². The molecule has 176 valence electrons. The van der Waals surface area contributed by atoms with E-state index >= 15 is 0 Å². The molecule has 1 amide bonds. The molecule has 1 saturated heterocycles. The van der Waals surface area contributed by atoms with Crippen molar-refractivity contribution >= 4 is 15.7 Å². The Hall–Kier alpha value is -3.07. The van der Waals surface area contributed by atoms with E-state index in [4.69, 9.17) is 11.2 Å². The SMILES string of the molecule is C#CCN1CCC(C([NH3+])=O)(S(=O)(=O)c2ccc(Oc3ccc(OC(F)(F)F)cc3)cc2)CC1. The Bertz CT molecular complexity index is 1130. The average molecular weight is 483 g/mol. The number of terminal acetylenes is 1. The van der Waals surface area contributed by atoms with Crippen LogP contribution in [0.25, 0.3) is 0 Å². The van der Waals surface area contributed by atoms with Crippen LogP contribution >= 0.6 is 0 Å². The average Bonchev–Trinajstić information content (AvgIpc) is 2.75. The van der Waals surface area contributed by atoms with Gasteiger partial charge in [-0.05, 0) is 61.4 Å². The van der Waals surface area contributed by atoms with E-state index in [-0.39, 0.29) is 29.2 Å². The minimum absolute atomic E-state index is 0.0498. The highest BCUT2D eigenvalue weighted by Gasteiger charge is 2.54. The summed E-state index contributed by atoms with van der Waals surface area (Å²) in [5.74, 6) is 1.94. The van der Waals surface area contributed by atoms with Crippen LogP contribution in [0.4, 0.5) is 13.2 Å². The number of benzene rings is 2. The third-order valence-corrected chi connectivity index (χ3v) is 7.99. The molecule has 11 heteroatoms. The van der Waals surface area contributed by atoms with Crippen molar-refractivity contribution in [1.82, 2.24) is 4.90 Å². The largest absolute Gasteiger partial charge is 0.573 e. The zero-order valence-corrected chi connectivity index (χ0v) is 18.3. The molecule has 3 N–H and O–H groups in total. The number of likely N-dealkylation sites (tertiary alicyclic amines) is 1. The summed E-state index contributed by atoms with van der Waals surface area (Å²) in [5, 5.41) is 0. The standard InChI is InChI=1S/C22H21F3N2O5S/c1-2-13-27-14-11-21(12-15-27,20(26)28)33(29,30)19-9-7-17(8-10-19)31-16-3-5-18(6-4-16)32-22(23,24)25/h1,3-10H,11-15H2,(H2,26,28)/p+1. The van der Waals surface area contributed by atoms with Crippen LogP contribution in [0.15, 0.2) is 53.4 Å². The van der Waals surface area contributed by atoms with E-state index in [2.05, 4.69) is 16.4 Å². The summed E-state index contributed by atoms with van der Waals surface area (Å²) >= 11 is 0. The minimum atomic E-state index is -4.80. The number of halogens is 3. The van der Waals surface area contributed by atoms with Crippen LogP contribution < -0.4 is 15.2 Å². The predicted molar refractivity (Wildman–Crippen MR) is 112 cm³/mol. The smallest absolute Gasteiger partial charge is 0.457 e. The lowest BCUT2D eigenvalue weighted by atomic mass is 9.95. The maximum Gasteiger partial charge on any atom is 0.573 e. The van der Waals surface area contributed by atoms with Crippen molar-refractivity contribution in [2.24, 2.45) is 0 Å². The molecule has 3 rings (SSSR count). The van der Waals surface area contributed by atoms with Gasteiger partial charge in [0.25, 0.3) is 0 Å². The van der Waals surface area contributed by atoms with Gasteiger partial charge in [0.1, 0.15) is 17.2 Å². The zero-order valence-electron chi connectivity index (χ0n) is 17.5. The molecule has 1 aliphatic rings. The molecular weight excluding hydrogens is 461 g/mol. The first-order valence-electron chi connectivity index (χ1n) is 9.87. The summed E-state index contributed by atoms with van der Waals surface area (Å²) in [6, 6.07) is 10.2. The molecule has 33 heavy (non-hydrogen) atoms. The van der Waals surface area contributed by atoms with Crippen LogP contribution in [0.3, 0.4) is 0 Å². The van der Waals surface area contributed by atoms with Gasteiger partial charge in [0, 0.05) is 13.1 Å². The van der Waals surface area contributed by atoms with Crippen LogP contribution in [0, 0.1) is 12.3 Å². The second-order valence-corrected chi connectivity index (χ2v) is 9.75.